The van der Waals surface area contributed by atoms with E-state index in [1.165, 1.54) is 11.8 Å². The van der Waals surface area contributed by atoms with E-state index in [9.17, 15) is 0 Å². The van der Waals surface area contributed by atoms with Gasteiger partial charge in [0.25, 0.3) is 0 Å². The summed E-state index contributed by atoms with van der Waals surface area (Å²) in [6.45, 7) is 0. The third-order valence-electron chi connectivity index (χ3n) is 7.98. The van der Waals surface area contributed by atoms with E-state index in [1.54, 1.807) is 25.7 Å². The quantitative estimate of drug-likeness (QED) is 0.600. The molecule has 16 heavy (non-hydrogen) atoms. The van der Waals surface area contributed by atoms with Crippen LogP contribution in [-0.4, -0.2) is 34.2 Å². The molecule has 4 heterocycles. The van der Waals surface area contributed by atoms with Gasteiger partial charge in [0, 0.05) is 24.2 Å². The Bertz CT molecular complexity index is 392. The van der Waals surface area contributed by atoms with Gasteiger partial charge in [0.1, 0.15) is 0 Å². The molecule has 10 unspecified atom stereocenters. The van der Waals surface area contributed by atoms with E-state index in [4.69, 9.17) is 0 Å². The maximum absolute atomic E-state index is 2.93. The second-order valence-electron chi connectivity index (χ2n) is 7.70. The summed E-state index contributed by atoms with van der Waals surface area (Å²) >= 11 is 0. The van der Waals surface area contributed by atoms with Gasteiger partial charge >= 0.3 is 0 Å². The number of hydrogen-bond donors (Lipinski definition) is 0. The molecule has 0 amide bonds. The minimum atomic E-state index is 1.04. The molecule has 0 spiro atoms. The molecule has 8 fully saturated rings. The van der Waals surface area contributed by atoms with Crippen molar-refractivity contribution in [3.63, 3.8) is 0 Å². The lowest BCUT2D eigenvalue weighted by molar-refractivity contribution is -0.271. The van der Waals surface area contributed by atoms with Crippen LogP contribution in [-0.2, 0) is 0 Å². The Morgan fingerprint density at radius 2 is 1.19 bits per heavy atom. The second-order valence-corrected chi connectivity index (χ2v) is 7.70. The van der Waals surface area contributed by atoms with Gasteiger partial charge in [-0.25, -0.2) is 10.0 Å². The third-order valence-corrected chi connectivity index (χ3v) is 7.98. The molecule has 0 aromatic heterocycles. The summed E-state index contributed by atoms with van der Waals surface area (Å²) in [5, 5.41) is 5.86. The van der Waals surface area contributed by atoms with Gasteiger partial charge in [-0.1, -0.05) is 6.42 Å². The van der Waals surface area contributed by atoms with E-state index < -0.39 is 0 Å². The Morgan fingerprint density at radius 1 is 0.625 bits per heavy atom. The lowest BCUT2D eigenvalue weighted by Crippen LogP contribution is -2.76. The highest BCUT2D eigenvalue weighted by molar-refractivity contribution is 5.35. The molecule has 0 aromatic carbocycles. The molecule has 2 heteroatoms. The van der Waals surface area contributed by atoms with Crippen LogP contribution in [0.1, 0.15) is 25.7 Å². The Hall–Kier alpha value is -0.0800. The molecule has 0 N–H and O–H groups in total. The molecule has 0 radical (unpaired) electrons. The topological polar surface area (TPSA) is 6.48 Å². The van der Waals surface area contributed by atoms with Crippen molar-refractivity contribution in [2.45, 2.75) is 49.9 Å². The van der Waals surface area contributed by atoms with E-state index in [0.717, 1.165) is 47.8 Å². The molecule has 0 aromatic rings. The molecule has 4 aliphatic heterocycles. The van der Waals surface area contributed by atoms with E-state index >= 15 is 0 Å². The second kappa shape index (κ2) is 1.81. The van der Waals surface area contributed by atoms with Crippen molar-refractivity contribution in [2.75, 3.05) is 0 Å². The summed E-state index contributed by atoms with van der Waals surface area (Å²) in [7, 11) is 0. The summed E-state index contributed by atoms with van der Waals surface area (Å²) in [5.41, 5.74) is 0. The zero-order chi connectivity index (χ0) is 9.76. The fourth-order valence-electron chi connectivity index (χ4n) is 8.23. The van der Waals surface area contributed by atoms with Crippen LogP contribution in [0.2, 0.25) is 0 Å². The third kappa shape index (κ3) is 0.425. The fourth-order valence-corrected chi connectivity index (χ4v) is 8.23. The molecule has 4 saturated carbocycles. The highest BCUT2D eigenvalue weighted by Crippen LogP contribution is 2.79. The Morgan fingerprint density at radius 3 is 1.75 bits per heavy atom. The van der Waals surface area contributed by atoms with Gasteiger partial charge in [0.15, 0.2) is 0 Å². The average molecular weight is 214 g/mol. The predicted octanol–water partition coefficient (Wildman–Crippen LogP) is 1.33. The first-order valence-corrected chi connectivity index (χ1v) is 7.53. The number of hydrogen-bond acceptors (Lipinski definition) is 2. The molecule has 2 nitrogen and oxygen atoms in total. The largest absolute Gasteiger partial charge is 0.233 e. The van der Waals surface area contributed by atoms with E-state index in [1.807, 2.05) is 0 Å². The molecule has 10 atom stereocenters. The lowest BCUT2D eigenvalue weighted by Gasteiger charge is -2.64. The minimum absolute atomic E-state index is 1.04. The van der Waals surface area contributed by atoms with Gasteiger partial charge in [0.2, 0.25) is 0 Å². The molecule has 4 aliphatic carbocycles. The molecular formula is C14H18N2. The Balaban J connectivity index is 1.57. The first-order chi connectivity index (χ1) is 7.97. The molecule has 8 aliphatic rings. The normalized spacial score (nSPS) is 80.2. The Kier molecular flexibility index (Phi) is 0.836. The summed E-state index contributed by atoms with van der Waals surface area (Å²) in [6.07, 6.45) is 6.33. The smallest absolute Gasteiger partial charge is 0.0453 e. The first kappa shape index (κ1) is 7.38. The van der Waals surface area contributed by atoms with E-state index in [2.05, 4.69) is 10.0 Å². The number of rotatable bonds is 0. The van der Waals surface area contributed by atoms with Crippen molar-refractivity contribution in [1.29, 1.82) is 0 Å². The molecular weight excluding hydrogens is 196 g/mol. The van der Waals surface area contributed by atoms with Gasteiger partial charge in [-0.2, -0.15) is 0 Å². The van der Waals surface area contributed by atoms with Gasteiger partial charge in [-0.3, -0.25) is 0 Å². The minimum Gasteiger partial charge on any atom is -0.233 e. The summed E-state index contributed by atoms with van der Waals surface area (Å²) in [5.74, 6) is 6.94. The molecule has 8 rings (SSSR count). The van der Waals surface area contributed by atoms with Crippen molar-refractivity contribution >= 4 is 0 Å². The summed E-state index contributed by atoms with van der Waals surface area (Å²) in [4.78, 5) is 0. The van der Waals surface area contributed by atoms with Crippen LogP contribution in [0.5, 0.6) is 0 Å². The maximum Gasteiger partial charge on any atom is 0.0453 e. The van der Waals surface area contributed by atoms with Crippen molar-refractivity contribution in [2.24, 2.45) is 35.5 Å². The van der Waals surface area contributed by atoms with E-state index in [-0.39, 0.29) is 0 Å². The SMILES string of the molecule is C1CC2C(C1)C1C3C4CC5C3C2N2C5C4N12. The van der Waals surface area contributed by atoms with Crippen LogP contribution < -0.4 is 0 Å². The zero-order valence-corrected chi connectivity index (χ0v) is 9.50. The average Bonchev–Trinajstić information content (AvgIpc) is 2.87. The number of hydrazine groups is 1. The molecule has 4 saturated heterocycles. The van der Waals surface area contributed by atoms with Crippen LogP contribution in [0, 0.1) is 35.5 Å². The summed E-state index contributed by atoms with van der Waals surface area (Å²) < 4.78 is 0. The first-order valence-electron chi connectivity index (χ1n) is 7.53. The molecule has 4 bridgehead atoms. The Labute approximate surface area is 95.9 Å². The van der Waals surface area contributed by atoms with Gasteiger partial charge < -0.3 is 0 Å². The standard InChI is InChI=1S/C14H18N2/c1-2-5-6(3-1)12-10-8-4-7-9(10)11(5)15-13(7)14(8)16(12)15/h5-14H,1-4H2. The van der Waals surface area contributed by atoms with Gasteiger partial charge in [0.05, 0.1) is 0 Å². The maximum atomic E-state index is 2.93. The van der Waals surface area contributed by atoms with Crippen molar-refractivity contribution < 1.29 is 0 Å². The van der Waals surface area contributed by atoms with E-state index in [0.29, 0.717) is 0 Å². The number of nitrogens with zero attached hydrogens (tertiary/aromatic N) is 2. The lowest BCUT2D eigenvalue weighted by atomic mass is 9.62. The van der Waals surface area contributed by atoms with Crippen molar-refractivity contribution in [1.82, 2.24) is 10.0 Å². The van der Waals surface area contributed by atoms with Crippen LogP contribution in [0.15, 0.2) is 0 Å². The van der Waals surface area contributed by atoms with Gasteiger partial charge in [-0.15, -0.1) is 0 Å². The van der Waals surface area contributed by atoms with Crippen LogP contribution >= 0.6 is 0 Å². The highest BCUT2D eigenvalue weighted by Gasteiger charge is 2.86. The van der Waals surface area contributed by atoms with Crippen LogP contribution in [0.25, 0.3) is 0 Å². The van der Waals surface area contributed by atoms with Gasteiger partial charge in [-0.05, 0) is 54.8 Å². The zero-order valence-electron chi connectivity index (χ0n) is 9.50. The predicted molar refractivity (Wildman–Crippen MR) is 58.2 cm³/mol. The van der Waals surface area contributed by atoms with Crippen molar-refractivity contribution in [3.05, 3.63) is 0 Å². The fraction of sp³-hybridized carbons (Fsp3) is 1.00. The summed E-state index contributed by atoms with van der Waals surface area (Å²) in [6, 6.07) is 4.20. The van der Waals surface area contributed by atoms with Crippen molar-refractivity contribution in [3.8, 4) is 0 Å². The highest BCUT2D eigenvalue weighted by atomic mass is 15.8. The van der Waals surface area contributed by atoms with Crippen LogP contribution in [0.4, 0.5) is 0 Å². The van der Waals surface area contributed by atoms with Crippen LogP contribution in [0.3, 0.4) is 0 Å². The molecule has 84 valence electrons. The monoisotopic (exact) mass is 214 g/mol.